The molecule has 0 saturated carbocycles. The van der Waals surface area contributed by atoms with Crippen LogP contribution in [0.25, 0.3) is 0 Å². The molecule has 1 heterocycles. The zero-order valence-electron chi connectivity index (χ0n) is 7.53. The van der Waals surface area contributed by atoms with Crippen LogP contribution >= 0.6 is 11.8 Å². The minimum absolute atomic E-state index is 0.207. The van der Waals surface area contributed by atoms with E-state index in [1.165, 1.54) is 11.8 Å². The highest BCUT2D eigenvalue weighted by atomic mass is 32.2. The molecule has 3 nitrogen and oxygen atoms in total. The summed E-state index contributed by atoms with van der Waals surface area (Å²) in [7, 11) is 0. The molecule has 0 aliphatic rings. The summed E-state index contributed by atoms with van der Waals surface area (Å²) in [6, 6.07) is 5.62. The van der Waals surface area contributed by atoms with Gasteiger partial charge in [0.15, 0.2) is 0 Å². The number of rotatable bonds is 3. The molecule has 70 valence electrons. The van der Waals surface area contributed by atoms with Crippen molar-refractivity contribution in [1.82, 2.24) is 4.98 Å². The molecule has 0 spiro atoms. The molecular formula is C10H9N3S. The van der Waals surface area contributed by atoms with Crippen molar-refractivity contribution in [3.05, 3.63) is 42.2 Å². The first-order chi connectivity index (χ1) is 6.74. The molecule has 1 rings (SSSR count). The lowest BCUT2D eigenvalue weighted by Crippen LogP contribution is -1.93. The van der Waals surface area contributed by atoms with Gasteiger partial charge in [0.2, 0.25) is 0 Å². The lowest BCUT2D eigenvalue weighted by molar-refractivity contribution is 1.25. The molecule has 14 heavy (non-hydrogen) atoms. The number of aromatic nitrogens is 1. The van der Waals surface area contributed by atoms with Gasteiger partial charge in [-0.2, -0.15) is 5.26 Å². The summed E-state index contributed by atoms with van der Waals surface area (Å²) >= 11 is 1.28. The number of pyridine rings is 1. The Bertz CT molecular complexity index is 378. The van der Waals surface area contributed by atoms with Gasteiger partial charge in [-0.15, -0.1) is 11.8 Å². The molecular weight excluding hydrogens is 194 g/mol. The van der Waals surface area contributed by atoms with Gasteiger partial charge in [-0.05, 0) is 11.6 Å². The highest BCUT2D eigenvalue weighted by Gasteiger charge is 2.02. The van der Waals surface area contributed by atoms with Crippen LogP contribution < -0.4 is 0 Å². The van der Waals surface area contributed by atoms with Crippen LogP contribution in [0.4, 0.5) is 0 Å². The molecule has 0 atom stereocenters. The Morgan fingerprint density at radius 1 is 1.71 bits per heavy atom. The highest BCUT2D eigenvalue weighted by Crippen LogP contribution is 2.15. The summed E-state index contributed by atoms with van der Waals surface area (Å²) in [6.45, 7) is 3.46. The van der Waals surface area contributed by atoms with Crippen LogP contribution in [-0.4, -0.2) is 10.0 Å². The van der Waals surface area contributed by atoms with Crippen molar-refractivity contribution in [1.29, 1.82) is 10.7 Å². The van der Waals surface area contributed by atoms with E-state index >= 15 is 0 Å². The van der Waals surface area contributed by atoms with Crippen LogP contribution in [0.5, 0.6) is 0 Å². The lowest BCUT2D eigenvalue weighted by atomic mass is 10.3. The zero-order valence-corrected chi connectivity index (χ0v) is 8.34. The minimum Gasteiger partial charge on any atom is -0.293 e. The van der Waals surface area contributed by atoms with Crippen molar-refractivity contribution >= 4 is 16.8 Å². The number of thioether (sulfide) groups is 1. The van der Waals surface area contributed by atoms with E-state index < -0.39 is 0 Å². The van der Waals surface area contributed by atoms with E-state index in [1.807, 2.05) is 18.2 Å². The molecule has 1 aromatic heterocycles. The number of hydrogen-bond acceptors (Lipinski definition) is 4. The van der Waals surface area contributed by atoms with E-state index in [1.54, 1.807) is 12.4 Å². The third kappa shape index (κ3) is 3.04. The normalized spacial score (nSPS) is 9.07. The fraction of sp³-hybridized carbons (Fsp3) is 0.100. The molecule has 4 heteroatoms. The van der Waals surface area contributed by atoms with Crippen molar-refractivity contribution in [3.63, 3.8) is 0 Å². The van der Waals surface area contributed by atoms with E-state index in [-0.39, 0.29) is 10.6 Å². The van der Waals surface area contributed by atoms with Gasteiger partial charge in [-0.3, -0.25) is 10.4 Å². The second-order valence-electron chi connectivity index (χ2n) is 2.57. The van der Waals surface area contributed by atoms with Crippen molar-refractivity contribution in [2.75, 3.05) is 0 Å². The Kier molecular flexibility index (Phi) is 3.89. The van der Waals surface area contributed by atoms with Gasteiger partial charge >= 0.3 is 0 Å². The monoisotopic (exact) mass is 203 g/mol. The predicted octanol–water partition coefficient (Wildman–Crippen LogP) is 2.37. The Hall–Kier alpha value is -1.60. The molecule has 0 saturated heterocycles. The van der Waals surface area contributed by atoms with Gasteiger partial charge in [0.1, 0.15) is 11.1 Å². The third-order valence-corrected chi connectivity index (χ3v) is 2.53. The average Bonchev–Trinajstić information content (AvgIpc) is 2.26. The molecule has 0 amide bonds. The Morgan fingerprint density at radius 2 is 2.50 bits per heavy atom. The maximum absolute atomic E-state index is 8.49. The fourth-order valence-corrected chi connectivity index (χ4v) is 1.48. The molecule has 0 aliphatic carbocycles. The van der Waals surface area contributed by atoms with Gasteiger partial charge in [-0.1, -0.05) is 12.6 Å². The van der Waals surface area contributed by atoms with Crippen LogP contribution in [0, 0.1) is 16.7 Å². The van der Waals surface area contributed by atoms with E-state index in [4.69, 9.17) is 10.7 Å². The molecule has 0 bridgehead atoms. The second-order valence-corrected chi connectivity index (χ2v) is 3.56. The summed E-state index contributed by atoms with van der Waals surface area (Å²) in [4.78, 5) is 3.96. The Morgan fingerprint density at radius 3 is 3.07 bits per heavy atom. The molecule has 1 N–H and O–H groups in total. The van der Waals surface area contributed by atoms with Crippen LogP contribution in [0.3, 0.4) is 0 Å². The van der Waals surface area contributed by atoms with Crippen molar-refractivity contribution in [2.45, 2.75) is 5.75 Å². The quantitative estimate of drug-likeness (QED) is 0.466. The first-order valence-corrected chi connectivity index (χ1v) is 4.92. The smallest absolute Gasteiger partial charge is 0.105 e. The van der Waals surface area contributed by atoms with Crippen LogP contribution in [0.2, 0.25) is 0 Å². The number of nitrogens with one attached hydrogen (secondary N) is 1. The fourth-order valence-electron chi connectivity index (χ4n) is 0.777. The van der Waals surface area contributed by atoms with Crippen LogP contribution in [0.1, 0.15) is 5.56 Å². The average molecular weight is 203 g/mol. The largest absolute Gasteiger partial charge is 0.293 e. The second kappa shape index (κ2) is 5.20. The van der Waals surface area contributed by atoms with Crippen LogP contribution in [-0.2, 0) is 5.75 Å². The molecule has 0 aromatic carbocycles. The Labute approximate surface area is 87.0 Å². The minimum atomic E-state index is 0.207. The van der Waals surface area contributed by atoms with Crippen molar-refractivity contribution in [3.8, 4) is 6.07 Å². The van der Waals surface area contributed by atoms with Crippen molar-refractivity contribution < 1.29 is 0 Å². The van der Waals surface area contributed by atoms with E-state index in [0.717, 1.165) is 5.56 Å². The maximum Gasteiger partial charge on any atom is 0.105 e. The molecule has 1 aromatic rings. The summed E-state index contributed by atoms with van der Waals surface area (Å²) in [6.07, 6.45) is 3.45. The van der Waals surface area contributed by atoms with Gasteiger partial charge in [-0.25, -0.2) is 0 Å². The number of nitrogens with zero attached hydrogens (tertiary/aromatic N) is 2. The first-order valence-electron chi connectivity index (χ1n) is 3.93. The topological polar surface area (TPSA) is 60.5 Å². The first kappa shape index (κ1) is 10.5. The number of nitriles is 1. The molecule has 0 unspecified atom stereocenters. The van der Waals surface area contributed by atoms with E-state index in [2.05, 4.69) is 11.6 Å². The molecule has 0 aliphatic heterocycles. The summed E-state index contributed by atoms with van der Waals surface area (Å²) in [5, 5.41) is 16.2. The Balaban J connectivity index is 2.47. The van der Waals surface area contributed by atoms with Gasteiger partial charge in [0, 0.05) is 18.1 Å². The third-order valence-electron chi connectivity index (χ3n) is 1.52. The lowest BCUT2D eigenvalue weighted by Gasteiger charge is -2.00. The van der Waals surface area contributed by atoms with E-state index in [0.29, 0.717) is 5.75 Å². The summed E-state index contributed by atoms with van der Waals surface area (Å²) < 4.78 is 0. The number of hydrogen-bond donors (Lipinski definition) is 1. The predicted molar refractivity (Wildman–Crippen MR) is 58.0 cm³/mol. The van der Waals surface area contributed by atoms with E-state index in [9.17, 15) is 0 Å². The summed E-state index contributed by atoms with van der Waals surface area (Å²) in [5.74, 6) is 0.646. The molecule has 0 fully saturated rings. The van der Waals surface area contributed by atoms with Gasteiger partial charge in [0.05, 0.1) is 5.57 Å². The zero-order chi connectivity index (χ0) is 10.4. The maximum atomic E-state index is 8.49. The van der Waals surface area contributed by atoms with Crippen LogP contribution in [0.15, 0.2) is 36.7 Å². The van der Waals surface area contributed by atoms with Gasteiger partial charge < -0.3 is 0 Å². The standard InChI is InChI=1S/C10H9N3S/c1-8(5-11)10(12)14-7-9-3-2-4-13-6-9/h2-4,6,12H,1,7H2. The van der Waals surface area contributed by atoms with Crippen molar-refractivity contribution in [2.24, 2.45) is 0 Å². The summed E-state index contributed by atoms with van der Waals surface area (Å²) in [5.41, 5.74) is 1.24. The molecule has 0 radical (unpaired) electrons. The highest BCUT2D eigenvalue weighted by molar-refractivity contribution is 8.13. The van der Waals surface area contributed by atoms with Gasteiger partial charge in [0.25, 0.3) is 0 Å². The SMILES string of the molecule is C=C(C#N)C(=N)SCc1cccnc1.